The second kappa shape index (κ2) is 5.28. The highest BCUT2D eigenvalue weighted by molar-refractivity contribution is 5.84. The van der Waals surface area contributed by atoms with Crippen molar-refractivity contribution in [2.75, 3.05) is 19.6 Å². The predicted molar refractivity (Wildman–Crippen MR) is 80.0 cm³/mol. The van der Waals surface area contributed by atoms with Crippen molar-refractivity contribution in [1.29, 1.82) is 0 Å². The van der Waals surface area contributed by atoms with Gasteiger partial charge in [0.2, 0.25) is 5.91 Å². The molecule has 0 unspecified atom stereocenters. The highest BCUT2D eigenvalue weighted by Gasteiger charge is 2.37. The molecule has 0 saturated carbocycles. The number of nitrogens with zero attached hydrogens (tertiary/aromatic N) is 4. The van der Waals surface area contributed by atoms with Gasteiger partial charge in [-0.05, 0) is 18.6 Å². The third kappa shape index (κ3) is 2.23. The van der Waals surface area contributed by atoms with Crippen molar-refractivity contribution in [3.63, 3.8) is 0 Å². The van der Waals surface area contributed by atoms with Crippen LogP contribution in [-0.2, 0) is 24.9 Å². The topological polar surface area (TPSA) is 54.5 Å². The molecule has 2 aromatic heterocycles. The summed E-state index contributed by atoms with van der Waals surface area (Å²) in [5, 5.41) is 0. The molecule has 2 aliphatic heterocycles. The number of likely N-dealkylation sites (tertiary alicyclic amines) is 1. The zero-order chi connectivity index (χ0) is 15.1. The molecule has 0 N–H and O–H groups in total. The summed E-state index contributed by atoms with van der Waals surface area (Å²) in [6, 6.07) is 3.87. The molecule has 0 aromatic carbocycles. The Morgan fingerprint density at radius 1 is 1.45 bits per heavy atom. The first kappa shape index (κ1) is 13.6. The van der Waals surface area contributed by atoms with Crippen LogP contribution >= 0.6 is 0 Å². The van der Waals surface area contributed by atoms with Crippen LogP contribution in [0.2, 0.25) is 0 Å². The Morgan fingerprint density at radius 3 is 3.00 bits per heavy atom. The van der Waals surface area contributed by atoms with E-state index in [9.17, 15) is 4.79 Å². The minimum Gasteiger partial charge on any atom is -0.468 e. The zero-order valence-electron chi connectivity index (χ0n) is 12.7. The predicted octanol–water partition coefficient (Wildman–Crippen LogP) is 1.34. The Morgan fingerprint density at radius 2 is 2.32 bits per heavy atom. The number of furan rings is 1. The molecule has 0 aliphatic carbocycles. The molecule has 4 rings (SSSR count). The Bertz CT molecular complexity index is 672. The lowest BCUT2D eigenvalue weighted by molar-refractivity contribution is -0.137. The number of carbonyl (C=O) groups excluding carboxylic acids is 1. The zero-order valence-corrected chi connectivity index (χ0v) is 12.7. The first-order valence-electron chi connectivity index (χ1n) is 7.76. The van der Waals surface area contributed by atoms with Crippen LogP contribution in [0.3, 0.4) is 0 Å². The lowest BCUT2D eigenvalue weighted by Gasteiger charge is -2.38. The normalized spacial score (nSPS) is 21.5. The summed E-state index contributed by atoms with van der Waals surface area (Å²) in [7, 11) is 1.98. The Hall–Kier alpha value is -2.08. The van der Waals surface area contributed by atoms with Crippen molar-refractivity contribution in [3.8, 4) is 0 Å². The van der Waals surface area contributed by atoms with Crippen molar-refractivity contribution < 1.29 is 9.21 Å². The Balaban J connectivity index is 1.60. The fourth-order valence-electron chi connectivity index (χ4n) is 3.37. The van der Waals surface area contributed by atoms with Gasteiger partial charge in [0, 0.05) is 33.2 Å². The van der Waals surface area contributed by atoms with Gasteiger partial charge in [-0.1, -0.05) is 0 Å². The molecular formula is C16H20N4O2. The van der Waals surface area contributed by atoms with Gasteiger partial charge in [0.25, 0.3) is 0 Å². The van der Waals surface area contributed by atoms with E-state index in [1.807, 2.05) is 35.0 Å². The summed E-state index contributed by atoms with van der Waals surface area (Å²) in [5.41, 5.74) is 2.09. The number of hydrogen-bond acceptors (Lipinski definition) is 4. The molecule has 0 radical (unpaired) electrons. The van der Waals surface area contributed by atoms with Gasteiger partial charge in [0.05, 0.1) is 36.4 Å². The van der Waals surface area contributed by atoms with Crippen LogP contribution in [0.5, 0.6) is 0 Å². The maximum atomic E-state index is 12.8. The largest absolute Gasteiger partial charge is 0.468 e. The number of amides is 1. The number of fused-ring (bicyclic) bond motifs is 1. The molecule has 6 heteroatoms. The smallest absolute Gasteiger partial charge is 0.233 e. The van der Waals surface area contributed by atoms with Crippen LogP contribution in [0.25, 0.3) is 0 Å². The molecule has 0 spiro atoms. The van der Waals surface area contributed by atoms with Crippen LogP contribution in [0, 0.1) is 0 Å². The molecule has 1 saturated heterocycles. The molecule has 22 heavy (non-hydrogen) atoms. The Labute approximate surface area is 129 Å². The fourth-order valence-corrected chi connectivity index (χ4v) is 3.37. The SMILES string of the molecule is Cn1cnc2c1[C@@H](C(=O)N1CCC1)CN(Cc1ccco1)C2. The monoisotopic (exact) mass is 300 g/mol. The first-order valence-corrected chi connectivity index (χ1v) is 7.76. The molecular weight excluding hydrogens is 280 g/mol. The number of imidazole rings is 1. The molecule has 2 aliphatic rings. The average Bonchev–Trinajstić information content (AvgIpc) is 3.07. The third-order valence-electron chi connectivity index (χ3n) is 4.63. The number of carbonyl (C=O) groups is 1. The van der Waals surface area contributed by atoms with Gasteiger partial charge in [0.15, 0.2) is 0 Å². The quantitative estimate of drug-likeness (QED) is 0.858. The number of rotatable bonds is 3. The van der Waals surface area contributed by atoms with Crippen molar-refractivity contribution in [3.05, 3.63) is 41.9 Å². The maximum absolute atomic E-state index is 12.8. The summed E-state index contributed by atoms with van der Waals surface area (Å²) < 4.78 is 7.44. The molecule has 2 aromatic rings. The van der Waals surface area contributed by atoms with E-state index in [0.717, 1.165) is 49.7 Å². The van der Waals surface area contributed by atoms with E-state index in [1.54, 1.807) is 6.26 Å². The molecule has 4 heterocycles. The van der Waals surface area contributed by atoms with Crippen molar-refractivity contribution in [2.45, 2.75) is 25.4 Å². The van der Waals surface area contributed by atoms with Crippen LogP contribution in [0.15, 0.2) is 29.1 Å². The highest BCUT2D eigenvalue weighted by atomic mass is 16.3. The van der Waals surface area contributed by atoms with E-state index >= 15 is 0 Å². The molecule has 1 amide bonds. The number of aromatic nitrogens is 2. The third-order valence-corrected chi connectivity index (χ3v) is 4.63. The second-order valence-corrected chi connectivity index (χ2v) is 6.17. The standard InChI is InChI=1S/C16H20N4O2/c1-18-11-17-14-10-19(8-12-4-2-7-22-12)9-13(15(14)18)16(21)20-5-3-6-20/h2,4,7,11,13H,3,5-6,8-10H2,1H3/t13-/m0/s1. The molecule has 116 valence electrons. The average molecular weight is 300 g/mol. The molecule has 0 bridgehead atoms. The number of aryl methyl sites for hydroxylation is 1. The van der Waals surface area contributed by atoms with Crippen LogP contribution in [-0.4, -0.2) is 44.9 Å². The van der Waals surface area contributed by atoms with E-state index in [4.69, 9.17) is 4.42 Å². The van der Waals surface area contributed by atoms with Gasteiger partial charge in [0.1, 0.15) is 5.76 Å². The lowest BCUT2D eigenvalue weighted by atomic mass is 9.95. The van der Waals surface area contributed by atoms with E-state index in [2.05, 4.69) is 9.88 Å². The van der Waals surface area contributed by atoms with Crippen molar-refractivity contribution >= 4 is 5.91 Å². The van der Waals surface area contributed by atoms with Gasteiger partial charge in [-0.25, -0.2) is 4.98 Å². The van der Waals surface area contributed by atoms with Crippen molar-refractivity contribution in [2.24, 2.45) is 7.05 Å². The summed E-state index contributed by atoms with van der Waals surface area (Å²) >= 11 is 0. The van der Waals surface area contributed by atoms with Crippen LogP contribution in [0.4, 0.5) is 0 Å². The second-order valence-electron chi connectivity index (χ2n) is 6.17. The van der Waals surface area contributed by atoms with Gasteiger partial charge in [-0.3, -0.25) is 9.69 Å². The van der Waals surface area contributed by atoms with E-state index in [0.29, 0.717) is 6.54 Å². The first-order chi connectivity index (χ1) is 10.7. The van der Waals surface area contributed by atoms with E-state index < -0.39 is 0 Å². The minimum atomic E-state index is -0.119. The summed E-state index contributed by atoms with van der Waals surface area (Å²) in [6.45, 7) is 3.98. The number of hydrogen-bond donors (Lipinski definition) is 0. The molecule has 1 atom stereocenters. The van der Waals surface area contributed by atoms with E-state index in [1.165, 1.54) is 0 Å². The van der Waals surface area contributed by atoms with E-state index in [-0.39, 0.29) is 11.8 Å². The molecule has 1 fully saturated rings. The van der Waals surface area contributed by atoms with Crippen LogP contribution < -0.4 is 0 Å². The van der Waals surface area contributed by atoms with Gasteiger partial charge >= 0.3 is 0 Å². The Kier molecular flexibility index (Phi) is 3.26. The minimum absolute atomic E-state index is 0.119. The molecule has 6 nitrogen and oxygen atoms in total. The lowest BCUT2D eigenvalue weighted by Crippen LogP contribution is -2.48. The summed E-state index contributed by atoms with van der Waals surface area (Å²) in [6.07, 6.45) is 4.62. The fraction of sp³-hybridized carbons (Fsp3) is 0.500. The maximum Gasteiger partial charge on any atom is 0.233 e. The van der Waals surface area contributed by atoms with Gasteiger partial charge in [-0.15, -0.1) is 0 Å². The highest BCUT2D eigenvalue weighted by Crippen LogP contribution is 2.31. The summed E-state index contributed by atoms with van der Waals surface area (Å²) in [4.78, 5) is 21.5. The van der Waals surface area contributed by atoms with Gasteiger partial charge < -0.3 is 13.9 Å². The van der Waals surface area contributed by atoms with Crippen LogP contribution in [0.1, 0.15) is 29.5 Å². The summed E-state index contributed by atoms with van der Waals surface area (Å²) in [5.74, 6) is 1.04. The van der Waals surface area contributed by atoms with Crippen molar-refractivity contribution in [1.82, 2.24) is 19.4 Å². The van der Waals surface area contributed by atoms with Gasteiger partial charge in [-0.2, -0.15) is 0 Å².